The van der Waals surface area contributed by atoms with E-state index in [1.54, 1.807) is 0 Å². The molecule has 32 heavy (non-hydrogen) atoms. The summed E-state index contributed by atoms with van der Waals surface area (Å²) in [5.41, 5.74) is -0.613. The molecular weight excluding hydrogens is 521 g/mol. The van der Waals surface area contributed by atoms with Crippen molar-refractivity contribution in [2.75, 3.05) is 5.75 Å². The van der Waals surface area contributed by atoms with Crippen LogP contribution in [0.4, 0.5) is 13.2 Å². The Bertz CT molecular complexity index is 1110. The number of thiocarbonyl (C=S) groups is 1. The molecule has 2 aliphatic rings. The number of nitrogens with zero attached hydrogens (tertiary/aromatic N) is 5. The third-order valence-corrected chi connectivity index (χ3v) is 7.34. The largest absolute Gasteiger partial charge is 0.477 e. The lowest BCUT2D eigenvalue weighted by Gasteiger charge is -2.51. The molecule has 2 unspecified atom stereocenters. The van der Waals surface area contributed by atoms with E-state index in [1.165, 1.54) is 6.92 Å². The lowest BCUT2D eigenvalue weighted by atomic mass is 9.94. The van der Waals surface area contributed by atoms with Gasteiger partial charge in [0, 0.05) is 11.3 Å². The smallest absolute Gasteiger partial charge is 0.403 e. The van der Waals surface area contributed by atoms with Crippen LogP contribution in [0.3, 0.4) is 0 Å². The van der Waals surface area contributed by atoms with Gasteiger partial charge in [0.25, 0.3) is 10.1 Å². The summed E-state index contributed by atoms with van der Waals surface area (Å²) >= 11 is 6.40. The summed E-state index contributed by atoms with van der Waals surface area (Å²) in [5, 5.41) is 20.1. The summed E-state index contributed by atoms with van der Waals surface area (Å²) in [7, 11) is -4.49. The van der Waals surface area contributed by atoms with Crippen LogP contribution in [-0.2, 0) is 25.6 Å². The van der Waals surface area contributed by atoms with Crippen molar-refractivity contribution in [2.24, 2.45) is 5.92 Å². The van der Waals surface area contributed by atoms with Gasteiger partial charge in [-0.1, -0.05) is 24.0 Å². The molecular formula is C13H13F3N6O6S4. The fourth-order valence-electron chi connectivity index (χ4n) is 3.01. The molecule has 1 fully saturated rings. The molecule has 1 aromatic rings. The van der Waals surface area contributed by atoms with E-state index < -0.39 is 56.4 Å². The van der Waals surface area contributed by atoms with E-state index in [0.717, 1.165) is 16.4 Å². The van der Waals surface area contributed by atoms with Crippen molar-refractivity contribution in [1.82, 2.24) is 30.4 Å². The van der Waals surface area contributed by atoms with Crippen LogP contribution in [0, 0.1) is 5.92 Å². The zero-order chi connectivity index (χ0) is 24.0. The molecule has 0 bridgehead atoms. The summed E-state index contributed by atoms with van der Waals surface area (Å²) in [6.07, 6.45) is -4.85. The fourth-order valence-corrected chi connectivity index (χ4v) is 6.45. The Morgan fingerprint density at radius 3 is 2.59 bits per heavy atom. The molecule has 19 heteroatoms. The van der Waals surface area contributed by atoms with Crippen LogP contribution in [0.5, 0.6) is 0 Å². The van der Waals surface area contributed by atoms with Gasteiger partial charge in [-0.05, 0) is 17.4 Å². The summed E-state index contributed by atoms with van der Waals surface area (Å²) in [5.74, 6) is -6.57. The topological polar surface area (TPSA) is 168 Å². The van der Waals surface area contributed by atoms with Gasteiger partial charge in [-0.25, -0.2) is 9.48 Å². The predicted molar refractivity (Wildman–Crippen MR) is 108 cm³/mol. The van der Waals surface area contributed by atoms with Gasteiger partial charge >= 0.3 is 12.1 Å². The number of β-lactam (4-membered cyclic amide) rings is 1. The van der Waals surface area contributed by atoms with Crippen LogP contribution < -0.4 is 5.32 Å². The number of hydrogen-bond donors (Lipinski definition) is 3. The van der Waals surface area contributed by atoms with Crippen molar-refractivity contribution in [2.45, 2.75) is 34.9 Å². The van der Waals surface area contributed by atoms with Gasteiger partial charge in [-0.3, -0.25) is 14.2 Å². The van der Waals surface area contributed by atoms with Gasteiger partial charge < -0.3 is 10.4 Å². The molecule has 3 N–H and O–H groups in total. The molecule has 2 aliphatic heterocycles. The Balaban J connectivity index is 1.96. The zero-order valence-electron chi connectivity index (χ0n) is 15.7. The number of aromatic nitrogens is 4. The maximum absolute atomic E-state index is 13.3. The highest BCUT2D eigenvalue weighted by Gasteiger charge is 2.65. The Kier molecular flexibility index (Phi) is 6.76. The highest BCUT2D eigenvalue weighted by Crippen LogP contribution is 2.52. The molecule has 1 amide bonds. The average molecular weight is 535 g/mol. The van der Waals surface area contributed by atoms with E-state index in [2.05, 4.69) is 20.8 Å². The first-order valence-corrected chi connectivity index (χ1v) is 12.3. The highest BCUT2D eigenvalue weighted by atomic mass is 32.2. The van der Waals surface area contributed by atoms with Crippen LogP contribution in [0.1, 0.15) is 6.92 Å². The van der Waals surface area contributed by atoms with Gasteiger partial charge in [0.2, 0.25) is 11.1 Å². The monoisotopic (exact) mass is 534 g/mol. The summed E-state index contributed by atoms with van der Waals surface area (Å²) in [4.78, 5) is 24.9. The van der Waals surface area contributed by atoms with E-state index in [4.69, 9.17) is 16.8 Å². The molecule has 1 saturated heterocycles. The second-order valence-electron chi connectivity index (χ2n) is 6.47. The SMILES string of the molecule is CC(=S)NC1S[C@@H]2C(C(F)(F)F)C(=O)N2C(C(=O)O)=C1CSc1nnnn1CS(=O)(=O)O. The zero-order valence-corrected chi connectivity index (χ0v) is 18.9. The van der Waals surface area contributed by atoms with Gasteiger partial charge in [-0.15, -0.1) is 16.9 Å². The number of carboxylic acid groups (broad SMARTS) is 1. The van der Waals surface area contributed by atoms with E-state index in [9.17, 15) is 36.3 Å². The number of tetrazole rings is 1. The lowest BCUT2D eigenvalue weighted by molar-refractivity contribution is -0.214. The van der Waals surface area contributed by atoms with Crippen LogP contribution in [-0.4, -0.2) is 82.7 Å². The molecule has 1 aromatic heterocycles. The quantitative estimate of drug-likeness (QED) is 0.189. The molecule has 3 heterocycles. The van der Waals surface area contributed by atoms with Crippen molar-refractivity contribution >= 4 is 62.7 Å². The van der Waals surface area contributed by atoms with Crippen molar-refractivity contribution in [3.05, 3.63) is 11.3 Å². The minimum Gasteiger partial charge on any atom is -0.477 e. The molecule has 0 saturated carbocycles. The normalized spacial score (nSPS) is 23.6. The molecule has 176 valence electrons. The predicted octanol–water partition coefficient (Wildman–Crippen LogP) is 0.306. The van der Waals surface area contributed by atoms with Crippen molar-refractivity contribution in [3.8, 4) is 0 Å². The number of halogens is 3. The fraction of sp³-hybridized carbons (Fsp3) is 0.538. The molecule has 3 rings (SSSR count). The van der Waals surface area contributed by atoms with E-state index in [1.807, 2.05) is 0 Å². The number of carbonyl (C=O) groups is 2. The number of thioether (sulfide) groups is 2. The minimum absolute atomic E-state index is 0.0170. The number of alkyl halides is 3. The Morgan fingerprint density at radius 2 is 2.06 bits per heavy atom. The first-order chi connectivity index (χ1) is 14.7. The number of aliphatic carboxylic acids is 1. The van der Waals surface area contributed by atoms with Crippen LogP contribution in [0.25, 0.3) is 0 Å². The van der Waals surface area contributed by atoms with Crippen LogP contribution >= 0.6 is 35.7 Å². The third kappa shape index (κ3) is 5.00. The number of carboxylic acids is 1. The summed E-state index contributed by atoms with van der Waals surface area (Å²) in [6.45, 7) is 1.45. The van der Waals surface area contributed by atoms with Gasteiger partial charge in [0.1, 0.15) is 11.1 Å². The first-order valence-electron chi connectivity index (χ1n) is 8.33. The Labute approximate surface area is 191 Å². The van der Waals surface area contributed by atoms with Crippen molar-refractivity contribution in [1.29, 1.82) is 0 Å². The first kappa shape index (κ1) is 24.7. The molecule has 12 nitrogen and oxygen atoms in total. The number of rotatable bonds is 7. The maximum Gasteiger partial charge on any atom is 0.403 e. The average Bonchev–Trinajstić information content (AvgIpc) is 3.02. The van der Waals surface area contributed by atoms with Crippen LogP contribution in [0.2, 0.25) is 0 Å². The van der Waals surface area contributed by atoms with Gasteiger partial charge in [-0.2, -0.15) is 21.6 Å². The number of hydrogen-bond acceptors (Lipinski definition) is 10. The second-order valence-corrected chi connectivity index (χ2v) is 10.7. The molecule has 0 aromatic carbocycles. The molecule has 0 spiro atoms. The lowest BCUT2D eigenvalue weighted by Crippen LogP contribution is -2.67. The van der Waals surface area contributed by atoms with Gasteiger partial charge in [0.15, 0.2) is 11.8 Å². The highest BCUT2D eigenvalue weighted by molar-refractivity contribution is 8.01. The second kappa shape index (κ2) is 8.76. The third-order valence-electron chi connectivity index (χ3n) is 4.21. The number of carbonyl (C=O) groups excluding carboxylic acids is 1. The Hall–Kier alpha value is -1.96. The Morgan fingerprint density at radius 1 is 1.41 bits per heavy atom. The minimum atomic E-state index is -4.85. The van der Waals surface area contributed by atoms with Crippen molar-refractivity contribution in [3.63, 3.8) is 0 Å². The van der Waals surface area contributed by atoms with E-state index in [0.29, 0.717) is 16.7 Å². The summed E-state index contributed by atoms with van der Waals surface area (Å²) < 4.78 is 71.7. The number of fused-ring (bicyclic) bond motifs is 1. The van der Waals surface area contributed by atoms with E-state index in [-0.39, 0.29) is 21.5 Å². The molecule has 0 aliphatic carbocycles. The molecule has 0 radical (unpaired) electrons. The van der Waals surface area contributed by atoms with Crippen LogP contribution in [0.15, 0.2) is 16.4 Å². The van der Waals surface area contributed by atoms with Gasteiger partial charge in [0.05, 0.1) is 10.4 Å². The molecule has 3 atom stereocenters. The summed E-state index contributed by atoms with van der Waals surface area (Å²) in [6, 6.07) is 0. The number of nitrogens with one attached hydrogen (secondary N) is 1. The number of amides is 1. The standard InChI is InChI=1S/C13H13F3N6O6S4/c1-4(29)17-8-5(2-30-12-18-19-20-21(12)3-32(26,27)28)7(11(24)25)22-9(23)6(10(22)31-8)13(14,15)16/h6,8,10H,2-3H2,1H3,(H,17,29)(H,24,25)(H,26,27,28)/t6?,8?,10-/m1/s1. The maximum atomic E-state index is 13.3. The van der Waals surface area contributed by atoms with Crippen molar-refractivity contribution < 1.29 is 40.8 Å². The van der Waals surface area contributed by atoms with E-state index >= 15 is 0 Å².